The predicted molar refractivity (Wildman–Crippen MR) is 106 cm³/mol. The lowest BCUT2D eigenvalue weighted by Gasteiger charge is -2.35. The van der Waals surface area contributed by atoms with E-state index in [2.05, 4.69) is 10.6 Å². The number of nitrogens with one attached hydrogen (secondary N) is 2. The number of carbonyl (C=O) groups is 3. The first-order valence-electron chi connectivity index (χ1n) is 10.1. The van der Waals surface area contributed by atoms with Crippen LogP contribution in [0, 0.1) is 5.92 Å². The molecule has 0 unspecified atom stereocenters. The van der Waals surface area contributed by atoms with Crippen molar-refractivity contribution in [1.29, 1.82) is 0 Å². The van der Waals surface area contributed by atoms with Crippen LogP contribution in [0.5, 0.6) is 0 Å². The quantitative estimate of drug-likeness (QED) is 0.756. The average molecular weight is 386 g/mol. The number of nitrogens with zero attached hydrogens (tertiary/aromatic N) is 2. The Kier molecular flexibility index (Phi) is 7.03. The van der Waals surface area contributed by atoms with Crippen LogP contribution in [0.2, 0.25) is 0 Å². The van der Waals surface area contributed by atoms with Crippen molar-refractivity contribution in [2.45, 2.75) is 38.3 Å². The van der Waals surface area contributed by atoms with Gasteiger partial charge >= 0.3 is 0 Å². The van der Waals surface area contributed by atoms with Crippen LogP contribution in [0.1, 0.15) is 31.2 Å². The van der Waals surface area contributed by atoms with E-state index >= 15 is 0 Å². The van der Waals surface area contributed by atoms with E-state index in [0.717, 1.165) is 24.8 Å². The molecule has 0 spiro atoms. The Morgan fingerprint density at radius 2 is 1.89 bits per heavy atom. The number of hydrogen-bond acceptors (Lipinski definition) is 4. The fourth-order valence-corrected chi connectivity index (χ4v) is 3.90. The molecule has 2 fully saturated rings. The van der Waals surface area contributed by atoms with Crippen molar-refractivity contribution < 1.29 is 14.4 Å². The molecule has 7 nitrogen and oxygen atoms in total. The lowest BCUT2D eigenvalue weighted by molar-refractivity contribution is -0.138. The summed E-state index contributed by atoms with van der Waals surface area (Å²) in [5, 5.41) is 5.73. The summed E-state index contributed by atoms with van der Waals surface area (Å²) in [5.41, 5.74) is 1.13. The number of carbonyl (C=O) groups excluding carboxylic acids is 3. The lowest BCUT2D eigenvalue weighted by Crippen LogP contribution is -2.59. The van der Waals surface area contributed by atoms with Crippen LogP contribution in [0.25, 0.3) is 0 Å². The van der Waals surface area contributed by atoms with E-state index in [1.54, 1.807) is 4.90 Å². The van der Waals surface area contributed by atoms with Crippen LogP contribution in [0.4, 0.5) is 0 Å². The fourth-order valence-electron chi connectivity index (χ4n) is 3.90. The molecule has 3 amide bonds. The van der Waals surface area contributed by atoms with Crippen LogP contribution >= 0.6 is 0 Å². The molecule has 0 aliphatic carbocycles. The minimum Gasteiger partial charge on any atom is -0.342 e. The first-order valence-corrected chi connectivity index (χ1v) is 10.1. The highest BCUT2D eigenvalue weighted by molar-refractivity contribution is 5.89. The van der Waals surface area contributed by atoms with Crippen molar-refractivity contribution in [3.8, 4) is 0 Å². The van der Waals surface area contributed by atoms with E-state index in [9.17, 15) is 14.4 Å². The van der Waals surface area contributed by atoms with Crippen LogP contribution in [0.15, 0.2) is 30.3 Å². The van der Waals surface area contributed by atoms with E-state index in [1.165, 1.54) is 0 Å². The van der Waals surface area contributed by atoms with E-state index < -0.39 is 6.04 Å². The van der Waals surface area contributed by atoms with Gasteiger partial charge in [-0.25, -0.2) is 0 Å². The number of hydrogen-bond donors (Lipinski definition) is 2. The summed E-state index contributed by atoms with van der Waals surface area (Å²) >= 11 is 0. The number of rotatable bonds is 6. The molecule has 7 heteroatoms. The second kappa shape index (κ2) is 9.68. The first-order chi connectivity index (χ1) is 13.5. The van der Waals surface area contributed by atoms with Crippen LogP contribution in [-0.2, 0) is 20.9 Å². The van der Waals surface area contributed by atoms with Gasteiger partial charge < -0.3 is 20.4 Å². The average Bonchev–Trinajstić information content (AvgIpc) is 2.72. The first kappa shape index (κ1) is 20.3. The minimum atomic E-state index is -0.453. The molecule has 3 rings (SSSR count). The summed E-state index contributed by atoms with van der Waals surface area (Å²) in [7, 11) is 1.85. The van der Waals surface area contributed by atoms with Gasteiger partial charge in [0.2, 0.25) is 17.7 Å². The summed E-state index contributed by atoms with van der Waals surface area (Å²) in [6, 6.07) is 9.54. The number of likely N-dealkylation sites (tertiary alicyclic amines) is 1. The summed E-state index contributed by atoms with van der Waals surface area (Å²) in [6.45, 7) is 2.80. The second-order valence-electron chi connectivity index (χ2n) is 7.79. The van der Waals surface area contributed by atoms with E-state index in [0.29, 0.717) is 38.5 Å². The van der Waals surface area contributed by atoms with Gasteiger partial charge in [0.05, 0.1) is 6.54 Å². The molecule has 0 radical (unpaired) electrons. The fraction of sp³-hybridized carbons (Fsp3) is 0.571. The van der Waals surface area contributed by atoms with Gasteiger partial charge in [0.15, 0.2) is 0 Å². The largest absolute Gasteiger partial charge is 0.342 e. The molecular weight excluding hydrogens is 356 g/mol. The van der Waals surface area contributed by atoms with Gasteiger partial charge in [-0.05, 0) is 30.7 Å². The standard InChI is InChI=1S/C21H30N4O3/c1-24(15-17-5-3-2-4-6-17)20(27)8-7-16-9-11-25(12-10-16)21(28)18-13-22-14-19(26)23-18/h2-6,16,18,22H,7-15H2,1H3,(H,23,26)/t18-/m0/s1. The Labute approximate surface area is 166 Å². The number of benzene rings is 1. The molecule has 2 aliphatic rings. The molecule has 2 saturated heterocycles. The smallest absolute Gasteiger partial charge is 0.246 e. The highest BCUT2D eigenvalue weighted by Crippen LogP contribution is 2.23. The van der Waals surface area contributed by atoms with Crippen LogP contribution < -0.4 is 10.6 Å². The van der Waals surface area contributed by atoms with Gasteiger partial charge in [0.1, 0.15) is 6.04 Å². The minimum absolute atomic E-state index is 0.00216. The van der Waals surface area contributed by atoms with Gasteiger partial charge in [0.25, 0.3) is 0 Å². The lowest BCUT2D eigenvalue weighted by atomic mass is 9.91. The molecule has 2 heterocycles. The van der Waals surface area contributed by atoms with Crippen molar-refractivity contribution >= 4 is 17.7 Å². The summed E-state index contributed by atoms with van der Waals surface area (Å²) in [5.74, 6) is 0.505. The molecule has 28 heavy (non-hydrogen) atoms. The molecule has 0 bridgehead atoms. The third-order valence-corrected chi connectivity index (χ3v) is 5.65. The normalized spacial score (nSPS) is 20.5. The molecular formula is C21H30N4O3. The number of piperazine rings is 1. The molecule has 1 aromatic rings. The Bertz CT molecular complexity index is 686. The van der Waals surface area contributed by atoms with Gasteiger partial charge in [-0.3, -0.25) is 14.4 Å². The van der Waals surface area contributed by atoms with Crippen molar-refractivity contribution in [2.24, 2.45) is 5.92 Å². The van der Waals surface area contributed by atoms with Crippen molar-refractivity contribution in [2.75, 3.05) is 33.2 Å². The number of amides is 3. The molecule has 2 aliphatic heterocycles. The summed E-state index contributed by atoms with van der Waals surface area (Å²) < 4.78 is 0. The zero-order chi connectivity index (χ0) is 19.9. The Morgan fingerprint density at radius 1 is 1.18 bits per heavy atom. The van der Waals surface area contributed by atoms with Gasteiger partial charge in [0, 0.05) is 39.6 Å². The van der Waals surface area contributed by atoms with Crippen molar-refractivity contribution in [1.82, 2.24) is 20.4 Å². The second-order valence-corrected chi connectivity index (χ2v) is 7.79. The SMILES string of the molecule is CN(Cc1ccccc1)C(=O)CCC1CCN(C(=O)[C@@H]2CNCC(=O)N2)CC1. The highest BCUT2D eigenvalue weighted by Gasteiger charge is 2.31. The molecule has 1 aromatic carbocycles. The molecule has 0 saturated carbocycles. The van der Waals surface area contributed by atoms with Crippen molar-refractivity contribution in [3.05, 3.63) is 35.9 Å². The monoisotopic (exact) mass is 386 g/mol. The van der Waals surface area contributed by atoms with Gasteiger partial charge in [-0.2, -0.15) is 0 Å². The maximum atomic E-state index is 12.5. The molecule has 2 N–H and O–H groups in total. The van der Waals surface area contributed by atoms with Gasteiger partial charge in [-0.1, -0.05) is 30.3 Å². The summed E-state index contributed by atoms with van der Waals surface area (Å²) in [4.78, 5) is 40.0. The van der Waals surface area contributed by atoms with Crippen LogP contribution in [-0.4, -0.2) is 66.8 Å². The third kappa shape index (κ3) is 5.55. The molecule has 152 valence electrons. The molecule has 1 atom stereocenters. The Morgan fingerprint density at radius 3 is 2.57 bits per heavy atom. The Balaban J connectivity index is 1.37. The molecule has 0 aromatic heterocycles. The maximum Gasteiger partial charge on any atom is 0.246 e. The van der Waals surface area contributed by atoms with E-state index in [-0.39, 0.29) is 24.3 Å². The predicted octanol–water partition coefficient (Wildman–Crippen LogP) is 0.752. The van der Waals surface area contributed by atoms with Crippen molar-refractivity contribution in [3.63, 3.8) is 0 Å². The van der Waals surface area contributed by atoms with Crippen LogP contribution in [0.3, 0.4) is 0 Å². The maximum absolute atomic E-state index is 12.5. The summed E-state index contributed by atoms with van der Waals surface area (Å²) in [6.07, 6.45) is 3.23. The zero-order valence-electron chi connectivity index (χ0n) is 16.5. The van der Waals surface area contributed by atoms with E-state index in [4.69, 9.17) is 0 Å². The van der Waals surface area contributed by atoms with E-state index in [1.807, 2.05) is 42.3 Å². The Hall–Kier alpha value is -2.41. The highest BCUT2D eigenvalue weighted by atomic mass is 16.2. The van der Waals surface area contributed by atoms with Gasteiger partial charge in [-0.15, -0.1) is 0 Å². The number of piperidine rings is 1. The topological polar surface area (TPSA) is 81.8 Å². The third-order valence-electron chi connectivity index (χ3n) is 5.65. The zero-order valence-corrected chi connectivity index (χ0v) is 16.5.